The molecule has 0 spiro atoms. The fourth-order valence-corrected chi connectivity index (χ4v) is 0. The van der Waals surface area contributed by atoms with Crippen LogP contribution in [0.25, 0.3) is 0 Å². The van der Waals surface area contributed by atoms with E-state index in [1.54, 1.807) is 0 Å². The second kappa shape index (κ2) is 323. The summed E-state index contributed by atoms with van der Waals surface area (Å²) in [5.74, 6) is 0. The summed E-state index contributed by atoms with van der Waals surface area (Å²) in [6, 6.07) is 0. The Balaban J connectivity index is 0. The SMILES string of the molecule is [Cr+3].[Mn+2].[OH-].[OH-].[OH-].[OH-].[OH-]. The van der Waals surface area contributed by atoms with Crippen LogP contribution in [-0.4, -0.2) is 27.4 Å². The molecular formula is H5CrMnO5. The minimum Gasteiger partial charge on any atom is -0.870 e. The third-order valence-electron chi connectivity index (χ3n) is 0. The second-order valence-electron chi connectivity index (χ2n) is 0. The van der Waals surface area contributed by atoms with Crippen molar-refractivity contribution < 1.29 is 61.8 Å². The Morgan fingerprint density at radius 2 is 0.429 bits per heavy atom. The first-order chi connectivity index (χ1) is 0. The van der Waals surface area contributed by atoms with E-state index in [4.69, 9.17) is 0 Å². The molecule has 5 nitrogen and oxygen atoms in total. The third-order valence-corrected chi connectivity index (χ3v) is 0. The van der Waals surface area contributed by atoms with Gasteiger partial charge in [-0.2, -0.15) is 0 Å². The van der Waals surface area contributed by atoms with Crippen LogP contribution in [0.2, 0.25) is 0 Å². The van der Waals surface area contributed by atoms with Gasteiger partial charge in [-0.15, -0.1) is 0 Å². The summed E-state index contributed by atoms with van der Waals surface area (Å²) in [7, 11) is 0. The molecule has 0 aromatic rings. The molecule has 0 aliphatic heterocycles. The molecule has 0 fully saturated rings. The minimum absolute atomic E-state index is 0. The first kappa shape index (κ1) is 508. The fraction of sp³-hybridized carbons (Fsp3) is 0. The van der Waals surface area contributed by atoms with Crippen molar-refractivity contribution in [2.24, 2.45) is 0 Å². The monoisotopic (exact) mass is 192 g/mol. The van der Waals surface area contributed by atoms with Crippen LogP contribution in [0.5, 0.6) is 0 Å². The Hall–Kier alpha value is 0.852. The summed E-state index contributed by atoms with van der Waals surface area (Å²) in [6.07, 6.45) is 0. The van der Waals surface area contributed by atoms with Crippen LogP contribution in [0, 0.1) is 0 Å². The topological polar surface area (TPSA) is 150 Å². The van der Waals surface area contributed by atoms with Crippen LogP contribution in [-0.2, 0) is 34.4 Å². The van der Waals surface area contributed by atoms with Gasteiger partial charge in [0.05, 0.1) is 0 Å². The maximum atomic E-state index is 0. The molecule has 0 saturated carbocycles. The molecule has 5 N–H and O–H groups in total. The Morgan fingerprint density at radius 1 is 0.429 bits per heavy atom. The molecule has 0 aromatic heterocycles. The van der Waals surface area contributed by atoms with Crippen LogP contribution in [0.1, 0.15) is 0 Å². The second-order valence-corrected chi connectivity index (χ2v) is 0. The molecule has 0 amide bonds. The predicted molar refractivity (Wildman–Crippen MR) is 9.68 cm³/mol. The molecule has 0 heterocycles. The zero-order valence-corrected chi connectivity index (χ0v) is 5.48. The smallest absolute Gasteiger partial charge is 0.870 e. The largest absolute Gasteiger partial charge is 3.00 e. The molecule has 0 saturated heterocycles. The fourth-order valence-electron chi connectivity index (χ4n) is 0. The molecule has 0 bridgehead atoms. The summed E-state index contributed by atoms with van der Waals surface area (Å²) < 4.78 is 0. The Labute approximate surface area is 62.2 Å². The van der Waals surface area contributed by atoms with Crippen molar-refractivity contribution in [3.8, 4) is 0 Å². The van der Waals surface area contributed by atoms with E-state index in [1.165, 1.54) is 0 Å². The van der Waals surface area contributed by atoms with Gasteiger partial charge < -0.3 is 27.4 Å². The van der Waals surface area contributed by atoms with E-state index in [-0.39, 0.29) is 61.8 Å². The zero-order valence-electron chi connectivity index (χ0n) is 3.02. The predicted octanol–water partition coefficient (Wildman–Crippen LogP) is -0.889. The molecular weight excluding hydrogens is 187 g/mol. The maximum absolute atomic E-state index is 0. The standard InChI is InChI=1S/Cr.Mn.5H2O/h;;5*1H2/q+3;+2;;;;;/p-5. The molecule has 7 heavy (non-hydrogen) atoms. The van der Waals surface area contributed by atoms with Crippen molar-refractivity contribution in [3.05, 3.63) is 0 Å². The first-order valence-electron chi connectivity index (χ1n) is 0. The summed E-state index contributed by atoms with van der Waals surface area (Å²) in [5, 5.41) is 0. The number of hydrogen-bond donors (Lipinski definition) is 0. The Morgan fingerprint density at radius 3 is 0.429 bits per heavy atom. The van der Waals surface area contributed by atoms with Crippen molar-refractivity contribution in [3.63, 3.8) is 0 Å². The van der Waals surface area contributed by atoms with Crippen LogP contribution in [0.3, 0.4) is 0 Å². The molecule has 7 heteroatoms. The zero-order chi connectivity index (χ0) is 0. The van der Waals surface area contributed by atoms with E-state index in [0.717, 1.165) is 0 Å². The molecule has 0 aromatic carbocycles. The molecule has 0 aliphatic carbocycles. The molecule has 48 valence electrons. The molecule has 0 aliphatic rings. The summed E-state index contributed by atoms with van der Waals surface area (Å²) >= 11 is 0. The van der Waals surface area contributed by atoms with Crippen LogP contribution >= 0.6 is 0 Å². The quantitative estimate of drug-likeness (QED) is 0.456. The molecule has 2 radical (unpaired) electrons. The van der Waals surface area contributed by atoms with Gasteiger partial charge in [-0.3, -0.25) is 0 Å². The van der Waals surface area contributed by atoms with Crippen molar-refractivity contribution in [1.82, 2.24) is 0 Å². The summed E-state index contributed by atoms with van der Waals surface area (Å²) in [5.41, 5.74) is 0. The average molecular weight is 192 g/mol. The molecule has 0 atom stereocenters. The van der Waals surface area contributed by atoms with Crippen molar-refractivity contribution in [2.45, 2.75) is 0 Å². The Kier molecular flexibility index (Phi) is 23500. The van der Waals surface area contributed by atoms with Crippen LogP contribution in [0.15, 0.2) is 0 Å². The van der Waals surface area contributed by atoms with Crippen molar-refractivity contribution in [2.75, 3.05) is 0 Å². The van der Waals surface area contributed by atoms with E-state index < -0.39 is 0 Å². The minimum atomic E-state index is 0. The normalized spacial score (nSPS) is 0. The van der Waals surface area contributed by atoms with Gasteiger partial charge in [0.25, 0.3) is 0 Å². The summed E-state index contributed by atoms with van der Waals surface area (Å²) in [4.78, 5) is 0. The Bertz CT molecular complexity index is 8.04. The number of hydrogen-bond acceptors (Lipinski definition) is 5. The van der Waals surface area contributed by atoms with Gasteiger partial charge in [-0.05, 0) is 0 Å². The number of rotatable bonds is 0. The summed E-state index contributed by atoms with van der Waals surface area (Å²) in [6.45, 7) is 0. The van der Waals surface area contributed by atoms with Gasteiger partial charge in [0.2, 0.25) is 0 Å². The van der Waals surface area contributed by atoms with Crippen LogP contribution < -0.4 is 0 Å². The van der Waals surface area contributed by atoms with E-state index in [2.05, 4.69) is 0 Å². The van der Waals surface area contributed by atoms with Crippen molar-refractivity contribution in [1.29, 1.82) is 0 Å². The maximum Gasteiger partial charge on any atom is 3.00 e. The van der Waals surface area contributed by atoms with E-state index in [0.29, 0.717) is 0 Å². The van der Waals surface area contributed by atoms with E-state index in [1.807, 2.05) is 0 Å². The van der Waals surface area contributed by atoms with Gasteiger partial charge in [0.1, 0.15) is 0 Å². The first-order valence-corrected chi connectivity index (χ1v) is 0. The van der Waals surface area contributed by atoms with Gasteiger partial charge in [0, 0.05) is 0 Å². The van der Waals surface area contributed by atoms with E-state index >= 15 is 0 Å². The van der Waals surface area contributed by atoms with Gasteiger partial charge in [0.15, 0.2) is 0 Å². The van der Waals surface area contributed by atoms with Gasteiger partial charge in [-0.1, -0.05) is 0 Å². The van der Waals surface area contributed by atoms with Crippen molar-refractivity contribution >= 4 is 0 Å². The van der Waals surface area contributed by atoms with Crippen LogP contribution in [0.4, 0.5) is 0 Å². The molecule has 0 unspecified atom stereocenters. The third kappa shape index (κ3) is 222. The van der Waals surface area contributed by atoms with E-state index in [9.17, 15) is 0 Å². The van der Waals surface area contributed by atoms with Gasteiger partial charge >= 0.3 is 34.4 Å². The van der Waals surface area contributed by atoms with Gasteiger partial charge in [-0.25, -0.2) is 0 Å². The average Bonchev–Trinajstić information content (AvgIpc) is 0. The molecule has 0 rings (SSSR count).